The third kappa shape index (κ3) is 1.96. The standard InChI is InChI=1S/C16H20N2O/c19-14(9-11-5-3-7-17-11)18-16-13-8-10-4-1-2-6-12(10)15(13)16/h1-2,4,6,11,13,15-17H,3,5,7-9H2,(H,18,19). The number of amides is 1. The predicted octanol–water partition coefficient (Wildman–Crippen LogP) is 1.58. The third-order valence-electron chi connectivity index (χ3n) is 4.96. The van der Waals surface area contributed by atoms with Gasteiger partial charge in [0.25, 0.3) is 0 Å². The first-order valence-electron chi connectivity index (χ1n) is 7.43. The molecule has 2 N–H and O–H groups in total. The molecule has 3 aliphatic rings. The van der Waals surface area contributed by atoms with Gasteiger partial charge in [0, 0.05) is 24.4 Å². The van der Waals surface area contributed by atoms with E-state index < -0.39 is 0 Å². The molecule has 1 saturated heterocycles. The quantitative estimate of drug-likeness (QED) is 0.862. The van der Waals surface area contributed by atoms with Gasteiger partial charge < -0.3 is 10.6 Å². The van der Waals surface area contributed by atoms with E-state index in [9.17, 15) is 4.79 Å². The molecule has 0 aromatic heterocycles. The highest BCUT2D eigenvalue weighted by Crippen LogP contribution is 2.56. The number of nitrogens with one attached hydrogen (secondary N) is 2. The summed E-state index contributed by atoms with van der Waals surface area (Å²) >= 11 is 0. The molecular weight excluding hydrogens is 236 g/mol. The maximum absolute atomic E-state index is 12.0. The maximum atomic E-state index is 12.0. The lowest BCUT2D eigenvalue weighted by Gasteiger charge is -2.12. The van der Waals surface area contributed by atoms with Gasteiger partial charge in [0.05, 0.1) is 0 Å². The van der Waals surface area contributed by atoms with E-state index in [-0.39, 0.29) is 5.91 Å². The van der Waals surface area contributed by atoms with Crippen LogP contribution in [-0.4, -0.2) is 24.5 Å². The summed E-state index contributed by atoms with van der Waals surface area (Å²) in [6, 6.07) is 9.49. The fourth-order valence-electron chi connectivity index (χ4n) is 3.95. The normalized spacial score (nSPS) is 34.7. The van der Waals surface area contributed by atoms with Gasteiger partial charge in [-0.2, -0.15) is 0 Å². The molecule has 1 aromatic rings. The van der Waals surface area contributed by atoms with Gasteiger partial charge in [0.2, 0.25) is 5.91 Å². The summed E-state index contributed by atoms with van der Waals surface area (Å²) in [5.41, 5.74) is 2.96. The number of rotatable bonds is 3. The van der Waals surface area contributed by atoms with Crippen molar-refractivity contribution in [1.29, 1.82) is 0 Å². The van der Waals surface area contributed by atoms with Gasteiger partial charge >= 0.3 is 0 Å². The molecule has 1 aromatic carbocycles. The van der Waals surface area contributed by atoms with Gasteiger partial charge in [-0.3, -0.25) is 4.79 Å². The first-order valence-corrected chi connectivity index (χ1v) is 7.43. The molecule has 0 radical (unpaired) electrons. The molecule has 2 aliphatic carbocycles. The van der Waals surface area contributed by atoms with Crippen molar-refractivity contribution in [2.24, 2.45) is 5.92 Å². The largest absolute Gasteiger partial charge is 0.352 e. The molecule has 4 unspecified atom stereocenters. The van der Waals surface area contributed by atoms with Crippen molar-refractivity contribution in [3.63, 3.8) is 0 Å². The maximum Gasteiger partial charge on any atom is 0.221 e. The highest BCUT2D eigenvalue weighted by molar-refractivity contribution is 5.78. The minimum atomic E-state index is 0.233. The molecule has 0 bridgehead atoms. The molecule has 4 atom stereocenters. The molecule has 0 spiro atoms. The fraction of sp³-hybridized carbons (Fsp3) is 0.562. The number of carbonyl (C=O) groups is 1. The van der Waals surface area contributed by atoms with Crippen LogP contribution in [0.4, 0.5) is 0 Å². The Hall–Kier alpha value is -1.35. The average molecular weight is 256 g/mol. The zero-order valence-corrected chi connectivity index (χ0v) is 11.1. The number of benzene rings is 1. The van der Waals surface area contributed by atoms with Crippen LogP contribution < -0.4 is 10.6 Å². The Labute approximate surface area is 113 Å². The Morgan fingerprint density at radius 3 is 3.11 bits per heavy atom. The highest BCUT2D eigenvalue weighted by Gasteiger charge is 2.56. The van der Waals surface area contributed by atoms with Crippen molar-refractivity contribution in [3.05, 3.63) is 35.4 Å². The second-order valence-electron chi connectivity index (χ2n) is 6.18. The summed E-state index contributed by atoms with van der Waals surface area (Å²) in [7, 11) is 0. The minimum Gasteiger partial charge on any atom is -0.352 e. The van der Waals surface area contributed by atoms with Gasteiger partial charge in [-0.15, -0.1) is 0 Å². The summed E-state index contributed by atoms with van der Waals surface area (Å²) in [5.74, 6) is 1.49. The van der Waals surface area contributed by atoms with E-state index in [1.807, 2.05) is 0 Å². The lowest BCUT2D eigenvalue weighted by atomic mass is 10.0. The molecule has 4 rings (SSSR count). The van der Waals surface area contributed by atoms with E-state index in [4.69, 9.17) is 0 Å². The van der Waals surface area contributed by atoms with E-state index in [2.05, 4.69) is 34.9 Å². The van der Waals surface area contributed by atoms with Crippen LogP contribution in [0.1, 0.15) is 36.3 Å². The Morgan fingerprint density at radius 2 is 2.26 bits per heavy atom. The summed E-state index contributed by atoms with van der Waals surface area (Å²) in [6.07, 6.45) is 4.15. The van der Waals surface area contributed by atoms with Gasteiger partial charge in [-0.1, -0.05) is 24.3 Å². The van der Waals surface area contributed by atoms with E-state index >= 15 is 0 Å². The third-order valence-corrected chi connectivity index (χ3v) is 4.96. The van der Waals surface area contributed by atoms with Crippen LogP contribution in [0.5, 0.6) is 0 Å². The van der Waals surface area contributed by atoms with Crippen LogP contribution >= 0.6 is 0 Å². The molecule has 2 fully saturated rings. The molecule has 1 heterocycles. The Balaban J connectivity index is 1.36. The van der Waals surface area contributed by atoms with Crippen LogP contribution in [0.25, 0.3) is 0 Å². The average Bonchev–Trinajstić information content (AvgIpc) is 2.84. The van der Waals surface area contributed by atoms with Crippen molar-refractivity contribution in [2.45, 2.75) is 43.7 Å². The highest BCUT2D eigenvalue weighted by atomic mass is 16.1. The molecule has 1 saturated carbocycles. The first kappa shape index (κ1) is 11.5. The zero-order valence-electron chi connectivity index (χ0n) is 11.1. The lowest BCUT2D eigenvalue weighted by Crippen LogP contribution is -2.34. The Kier molecular flexibility index (Phi) is 2.62. The zero-order chi connectivity index (χ0) is 12.8. The van der Waals surface area contributed by atoms with Crippen molar-refractivity contribution < 1.29 is 4.79 Å². The smallest absolute Gasteiger partial charge is 0.221 e. The van der Waals surface area contributed by atoms with Crippen LogP contribution in [0.15, 0.2) is 24.3 Å². The number of hydrogen-bond donors (Lipinski definition) is 2. The molecule has 100 valence electrons. The van der Waals surface area contributed by atoms with Crippen molar-refractivity contribution in [1.82, 2.24) is 10.6 Å². The van der Waals surface area contributed by atoms with E-state index in [1.165, 1.54) is 17.5 Å². The molecule has 19 heavy (non-hydrogen) atoms. The van der Waals surface area contributed by atoms with Gasteiger partial charge in [0.15, 0.2) is 0 Å². The number of hydrogen-bond acceptors (Lipinski definition) is 2. The second-order valence-corrected chi connectivity index (χ2v) is 6.18. The Morgan fingerprint density at radius 1 is 1.37 bits per heavy atom. The van der Waals surface area contributed by atoms with Crippen LogP contribution in [0.3, 0.4) is 0 Å². The van der Waals surface area contributed by atoms with Gasteiger partial charge in [0.1, 0.15) is 0 Å². The summed E-state index contributed by atoms with van der Waals surface area (Å²) < 4.78 is 0. The van der Waals surface area contributed by atoms with Crippen molar-refractivity contribution >= 4 is 5.91 Å². The predicted molar refractivity (Wildman–Crippen MR) is 73.9 cm³/mol. The molecule has 3 nitrogen and oxygen atoms in total. The van der Waals surface area contributed by atoms with Crippen LogP contribution in [0.2, 0.25) is 0 Å². The van der Waals surface area contributed by atoms with E-state index in [0.717, 1.165) is 19.4 Å². The SMILES string of the molecule is O=C(CC1CCCN1)NC1C2Cc3ccccc3C21. The Bertz CT molecular complexity index is 507. The van der Waals surface area contributed by atoms with Crippen molar-refractivity contribution in [2.75, 3.05) is 6.54 Å². The molecule has 1 amide bonds. The van der Waals surface area contributed by atoms with Crippen molar-refractivity contribution in [3.8, 4) is 0 Å². The first-order chi connectivity index (χ1) is 9.33. The molecular formula is C16H20N2O. The number of fused-ring (bicyclic) bond motifs is 3. The van der Waals surface area contributed by atoms with Crippen LogP contribution in [-0.2, 0) is 11.2 Å². The number of carbonyl (C=O) groups excluding carboxylic acids is 1. The topological polar surface area (TPSA) is 41.1 Å². The van der Waals surface area contributed by atoms with Crippen LogP contribution in [0, 0.1) is 5.92 Å². The summed E-state index contributed by atoms with van der Waals surface area (Å²) in [5, 5.41) is 6.63. The van der Waals surface area contributed by atoms with E-state index in [0.29, 0.717) is 30.3 Å². The minimum absolute atomic E-state index is 0.233. The van der Waals surface area contributed by atoms with Gasteiger partial charge in [-0.05, 0) is 42.9 Å². The molecule has 1 aliphatic heterocycles. The summed E-state index contributed by atoms with van der Waals surface area (Å²) in [4.78, 5) is 12.0. The lowest BCUT2D eigenvalue weighted by molar-refractivity contribution is -0.121. The summed E-state index contributed by atoms with van der Waals surface area (Å²) in [6.45, 7) is 1.07. The second kappa shape index (κ2) is 4.34. The fourth-order valence-corrected chi connectivity index (χ4v) is 3.95. The van der Waals surface area contributed by atoms with E-state index in [1.54, 1.807) is 0 Å². The molecule has 3 heteroatoms. The van der Waals surface area contributed by atoms with Gasteiger partial charge in [-0.25, -0.2) is 0 Å². The monoisotopic (exact) mass is 256 g/mol.